The highest BCUT2D eigenvalue weighted by molar-refractivity contribution is 5.59. The molecule has 0 spiro atoms. The van der Waals surface area contributed by atoms with Gasteiger partial charge in [-0.2, -0.15) is 26.3 Å². The lowest BCUT2D eigenvalue weighted by atomic mass is 10.0. The van der Waals surface area contributed by atoms with Crippen LogP contribution in [0.5, 0.6) is 0 Å². The van der Waals surface area contributed by atoms with Gasteiger partial charge in [0.1, 0.15) is 0 Å². The number of nitrogens with two attached hydrogens (primary N) is 1. The second-order valence-corrected chi connectivity index (χ2v) is 3.21. The largest absolute Gasteiger partial charge is 0.418 e. The van der Waals surface area contributed by atoms with Crippen molar-refractivity contribution in [3.63, 3.8) is 0 Å². The zero-order valence-electron chi connectivity index (χ0n) is 8.15. The van der Waals surface area contributed by atoms with Crippen molar-refractivity contribution in [3.8, 4) is 0 Å². The molecule has 3 N–H and O–H groups in total. The Morgan fingerprint density at radius 1 is 1.00 bits per heavy atom. The van der Waals surface area contributed by atoms with Crippen LogP contribution in [-0.4, -0.2) is 5.11 Å². The zero-order valence-corrected chi connectivity index (χ0v) is 8.15. The molecule has 1 rings (SSSR count). The first-order valence-corrected chi connectivity index (χ1v) is 4.25. The van der Waals surface area contributed by atoms with Gasteiger partial charge in [0, 0.05) is 11.3 Å². The first-order valence-electron chi connectivity index (χ1n) is 4.25. The summed E-state index contributed by atoms with van der Waals surface area (Å²) in [5.41, 5.74) is -0.325. The third-order valence-electron chi connectivity index (χ3n) is 2.10. The monoisotopic (exact) mass is 259 g/mol. The second kappa shape index (κ2) is 4.10. The van der Waals surface area contributed by atoms with Gasteiger partial charge in [0.15, 0.2) is 0 Å². The maximum atomic E-state index is 12.5. The van der Waals surface area contributed by atoms with Crippen LogP contribution in [0.1, 0.15) is 16.7 Å². The van der Waals surface area contributed by atoms with Crippen molar-refractivity contribution in [2.75, 3.05) is 5.73 Å². The summed E-state index contributed by atoms with van der Waals surface area (Å²) in [5, 5.41) is 8.67. The van der Waals surface area contributed by atoms with Gasteiger partial charge in [-0.05, 0) is 6.07 Å². The molecule has 2 nitrogen and oxygen atoms in total. The fourth-order valence-electron chi connectivity index (χ4n) is 1.34. The van der Waals surface area contributed by atoms with Crippen LogP contribution in [0, 0.1) is 0 Å². The lowest BCUT2D eigenvalue weighted by Crippen LogP contribution is -2.19. The van der Waals surface area contributed by atoms with Crippen molar-refractivity contribution in [1.82, 2.24) is 0 Å². The van der Waals surface area contributed by atoms with E-state index in [1.54, 1.807) is 0 Å². The summed E-state index contributed by atoms with van der Waals surface area (Å²) >= 11 is 0. The molecule has 0 saturated heterocycles. The predicted octanol–water partition coefficient (Wildman–Crippen LogP) is 2.80. The molecule has 0 saturated carbocycles. The molecule has 0 aliphatic rings. The molecular formula is C9H7F6NO. The Balaban J connectivity index is 3.59. The van der Waals surface area contributed by atoms with E-state index in [-0.39, 0.29) is 6.07 Å². The van der Waals surface area contributed by atoms with E-state index in [1.165, 1.54) is 0 Å². The van der Waals surface area contributed by atoms with Crippen LogP contribution in [0.2, 0.25) is 0 Å². The summed E-state index contributed by atoms with van der Waals surface area (Å²) in [6.45, 7) is -0.868. The first kappa shape index (κ1) is 13.6. The molecule has 0 aliphatic heterocycles. The van der Waals surface area contributed by atoms with Gasteiger partial charge >= 0.3 is 12.4 Å². The number of benzene rings is 1. The maximum absolute atomic E-state index is 12.5. The summed E-state index contributed by atoms with van der Waals surface area (Å²) in [5.74, 6) is 0. The number of hydrogen-bond acceptors (Lipinski definition) is 2. The van der Waals surface area contributed by atoms with E-state index in [4.69, 9.17) is 10.8 Å². The number of halogens is 6. The normalized spacial score (nSPS) is 12.9. The molecule has 0 unspecified atom stereocenters. The minimum Gasteiger partial charge on any atom is -0.398 e. The molecule has 0 bridgehead atoms. The Morgan fingerprint density at radius 2 is 1.53 bits per heavy atom. The summed E-state index contributed by atoms with van der Waals surface area (Å²) in [7, 11) is 0. The van der Waals surface area contributed by atoms with Gasteiger partial charge in [-0.3, -0.25) is 0 Å². The van der Waals surface area contributed by atoms with Crippen LogP contribution in [-0.2, 0) is 19.0 Å². The van der Waals surface area contributed by atoms with Crippen LogP contribution in [0.3, 0.4) is 0 Å². The summed E-state index contributed by atoms with van der Waals surface area (Å²) in [6.07, 6.45) is -10.4. The Kier molecular flexibility index (Phi) is 3.28. The van der Waals surface area contributed by atoms with Crippen molar-refractivity contribution in [2.45, 2.75) is 19.0 Å². The quantitative estimate of drug-likeness (QED) is 0.601. The smallest absolute Gasteiger partial charge is 0.398 e. The molecule has 0 heterocycles. The molecule has 0 atom stereocenters. The van der Waals surface area contributed by atoms with E-state index in [1.807, 2.05) is 0 Å². The standard InChI is InChI=1S/C9H7F6NO/c10-8(11,12)5-2-1-4(3-17)7(16)6(5)9(13,14)15/h1-2,17H,3,16H2. The van der Waals surface area contributed by atoms with E-state index in [0.29, 0.717) is 6.07 Å². The lowest BCUT2D eigenvalue weighted by Gasteiger charge is -2.19. The van der Waals surface area contributed by atoms with Crippen molar-refractivity contribution >= 4 is 5.69 Å². The van der Waals surface area contributed by atoms with Gasteiger partial charge in [0.25, 0.3) is 0 Å². The SMILES string of the molecule is Nc1c(CO)ccc(C(F)(F)F)c1C(F)(F)F. The fraction of sp³-hybridized carbons (Fsp3) is 0.333. The van der Waals surface area contributed by atoms with Crippen LogP contribution in [0.15, 0.2) is 12.1 Å². The van der Waals surface area contributed by atoms with Crippen molar-refractivity contribution in [3.05, 3.63) is 28.8 Å². The average Bonchev–Trinajstić information content (AvgIpc) is 2.13. The Hall–Kier alpha value is -1.44. The van der Waals surface area contributed by atoms with Crippen molar-refractivity contribution in [2.24, 2.45) is 0 Å². The van der Waals surface area contributed by atoms with Gasteiger partial charge in [-0.1, -0.05) is 6.07 Å². The van der Waals surface area contributed by atoms with Gasteiger partial charge in [0.05, 0.1) is 17.7 Å². The van der Waals surface area contributed by atoms with Crippen LogP contribution in [0.25, 0.3) is 0 Å². The third-order valence-corrected chi connectivity index (χ3v) is 2.10. The molecule has 0 fully saturated rings. The molecule has 0 aromatic heterocycles. The highest BCUT2D eigenvalue weighted by atomic mass is 19.4. The summed E-state index contributed by atoms with van der Waals surface area (Å²) in [4.78, 5) is 0. The summed E-state index contributed by atoms with van der Waals surface area (Å²) < 4.78 is 74.6. The van der Waals surface area contributed by atoms with Gasteiger partial charge in [-0.15, -0.1) is 0 Å². The molecule has 8 heteroatoms. The van der Waals surface area contributed by atoms with Crippen molar-refractivity contribution < 1.29 is 31.4 Å². The lowest BCUT2D eigenvalue weighted by molar-refractivity contribution is -0.161. The minimum absolute atomic E-state index is 0.255. The first-order chi connectivity index (χ1) is 7.59. The minimum atomic E-state index is -5.24. The average molecular weight is 259 g/mol. The van der Waals surface area contributed by atoms with Crippen molar-refractivity contribution in [1.29, 1.82) is 0 Å². The van der Waals surface area contributed by atoms with E-state index in [2.05, 4.69) is 0 Å². The Morgan fingerprint density at radius 3 is 1.88 bits per heavy atom. The third kappa shape index (κ3) is 2.63. The molecule has 0 amide bonds. The van der Waals surface area contributed by atoms with Gasteiger partial charge in [0.2, 0.25) is 0 Å². The Labute approximate surface area is 91.7 Å². The molecule has 1 aromatic rings. The number of anilines is 1. The molecule has 0 aliphatic carbocycles. The fourth-order valence-corrected chi connectivity index (χ4v) is 1.34. The predicted molar refractivity (Wildman–Crippen MR) is 46.8 cm³/mol. The van der Waals surface area contributed by atoms with E-state index in [9.17, 15) is 26.3 Å². The molecular weight excluding hydrogens is 252 g/mol. The van der Waals surface area contributed by atoms with Crippen LogP contribution >= 0.6 is 0 Å². The number of nitrogen functional groups attached to an aromatic ring is 1. The topological polar surface area (TPSA) is 46.2 Å². The van der Waals surface area contributed by atoms with Crippen LogP contribution < -0.4 is 5.73 Å². The number of rotatable bonds is 1. The zero-order chi connectivity index (χ0) is 13.4. The Bertz CT molecular complexity index is 423. The van der Waals surface area contributed by atoms with Gasteiger partial charge in [-0.25, -0.2) is 0 Å². The molecule has 0 radical (unpaired) electrons. The molecule has 96 valence electrons. The number of hydrogen-bond donors (Lipinski definition) is 2. The highest BCUT2D eigenvalue weighted by Crippen LogP contribution is 2.44. The highest BCUT2D eigenvalue weighted by Gasteiger charge is 2.45. The van der Waals surface area contributed by atoms with E-state index in [0.717, 1.165) is 0 Å². The maximum Gasteiger partial charge on any atom is 0.418 e. The number of aliphatic hydroxyl groups is 1. The molecule has 1 aromatic carbocycles. The van der Waals surface area contributed by atoms with E-state index >= 15 is 0 Å². The molecule has 17 heavy (non-hydrogen) atoms. The number of aliphatic hydroxyl groups excluding tert-OH is 1. The van der Waals surface area contributed by atoms with Gasteiger partial charge < -0.3 is 10.8 Å². The van der Waals surface area contributed by atoms with E-state index < -0.39 is 41.3 Å². The number of alkyl halides is 6. The second-order valence-electron chi connectivity index (χ2n) is 3.21. The summed E-state index contributed by atoms with van der Waals surface area (Å²) in [6, 6.07) is 0.970. The van der Waals surface area contributed by atoms with Crippen LogP contribution in [0.4, 0.5) is 32.0 Å².